The first-order chi connectivity index (χ1) is 7.16. The molecule has 15 heavy (non-hydrogen) atoms. The van der Waals surface area contributed by atoms with Gasteiger partial charge in [-0.05, 0) is 12.8 Å². The van der Waals surface area contributed by atoms with Gasteiger partial charge in [0.2, 0.25) is 5.91 Å². The predicted octanol–water partition coefficient (Wildman–Crippen LogP) is -1.24. The molecule has 0 saturated carbocycles. The van der Waals surface area contributed by atoms with Gasteiger partial charge in [0.1, 0.15) is 0 Å². The maximum atomic E-state index is 11.5. The maximum Gasteiger partial charge on any atom is 0.223 e. The van der Waals surface area contributed by atoms with Crippen molar-refractivity contribution in [2.45, 2.75) is 25.4 Å². The summed E-state index contributed by atoms with van der Waals surface area (Å²) in [6.07, 6.45) is 2.15. The third kappa shape index (κ3) is 2.28. The Morgan fingerprint density at radius 1 is 1.60 bits per heavy atom. The van der Waals surface area contributed by atoms with Gasteiger partial charge in [0.05, 0.1) is 6.10 Å². The van der Waals surface area contributed by atoms with E-state index in [2.05, 4.69) is 0 Å². The van der Waals surface area contributed by atoms with Crippen LogP contribution in [-0.4, -0.2) is 42.6 Å². The van der Waals surface area contributed by atoms with Gasteiger partial charge in [-0.3, -0.25) is 4.79 Å². The van der Waals surface area contributed by atoms with Gasteiger partial charge in [-0.1, -0.05) is 0 Å². The fourth-order valence-electron chi connectivity index (χ4n) is 2.14. The minimum atomic E-state index is -1.13. The minimum absolute atomic E-state index is 0.0784. The van der Waals surface area contributed by atoms with Crippen molar-refractivity contribution >= 4 is 11.9 Å². The Hall–Kier alpha value is -1.10. The second-order valence-electron chi connectivity index (χ2n) is 4.15. The van der Waals surface area contributed by atoms with Crippen molar-refractivity contribution in [2.24, 2.45) is 5.92 Å². The van der Waals surface area contributed by atoms with E-state index >= 15 is 0 Å². The van der Waals surface area contributed by atoms with Gasteiger partial charge >= 0.3 is 0 Å². The van der Waals surface area contributed by atoms with E-state index in [4.69, 9.17) is 4.74 Å². The van der Waals surface area contributed by atoms with E-state index < -0.39 is 11.9 Å². The molecule has 2 atom stereocenters. The summed E-state index contributed by atoms with van der Waals surface area (Å²) in [6, 6.07) is 0. The van der Waals surface area contributed by atoms with Crippen LogP contribution in [0.3, 0.4) is 0 Å². The van der Waals surface area contributed by atoms with Crippen molar-refractivity contribution in [1.29, 1.82) is 0 Å². The van der Waals surface area contributed by atoms with Crippen LogP contribution in [0.1, 0.15) is 19.3 Å². The van der Waals surface area contributed by atoms with Crippen molar-refractivity contribution in [1.82, 2.24) is 4.90 Å². The lowest BCUT2D eigenvalue weighted by atomic mass is 10.1. The first-order valence-electron chi connectivity index (χ1n) is 5.27. The molecule has 2 saturated heterocycles. The summed E-state index contributed by atoms with van der Waals surface area (Å²) in [4.78, 5) is 23.6. The second-order valence-corrected chi connectivity index (χ2v) is 4.15. The zero-order valence-corrected chi connectivity index (χ0v) is 8.48. The monoisotopic (exact) mass is 212 g/mol. The SMILES string of the molecule is O=C([O-])[C@@H]1CC(=O)N(C[C@@H]2CCCO2)C1. The molecule has 84 valence electrons. The maximum absolute atomic E-state index is 11.5. The molecule has 0 bridgehead atoms. The summed E-state index contributed by atoms with van der Waals surface area (Å²) in [5.74, 6) is -1.86. The second kappa shape index (κ2) is 4.18. The molecule has 0 aliphatic carbocycles. The van der Waals surface area contributed by atoms with Crippen LogP contribution in [0.5, 0.6) is 0 Å². The highest BCUT2D eigenvalue weighted by atomic mass is 16.5. The van der Waals surface area contributed by atoms with E-state index in [1.165, 1.54) is 0 Å². The highest BCUT2D eigenvalue weighted by molar-refractivity contribution is 5.85. The number of carboxylic acids is 1. The number of aliphatic carboxylic acids is 1. The number of carbonyl (C=O) groups is 2. The molecule has 0 aromatic carbocycles. The molecule has 0 aromatic heterocycles. The van der Waals surface area contributed by atoms with Gasteiger partial charge < -0.3 is 19.5 Å². The molecule has 1 amide bonds. The number of hydrogen-bond acceptors (Lipinski definition) is 4. The molecule has 2 rings (SSSR count). The van der Waals surface area contributed by atoms with Crippen LogP contribution in [0, 0.1) is 5.92 Å². The lowest BCUT2D eigenvalue weighted by Crippen LogP contribution is -2.36. The van der Waals surface area contributed by atoms with Crippen molar-refractivity contribution in [3.8, 4) is 0 Å². The fourth-order valence-corrected chi connectivity index (χ4v) is 2.14. The first kappa shape index (κ1) is 10.4. The van der Waals surface area contributed by atoms with Gasteiger partial charge in [0, 0.05) is 38.0 Å². The van der Waals surface area contributed by atoms with E-state index in [1.54, 1.807) is 4.90 Å². The molecule has 0 aromatic rings. The average Bonchev–Trinajstić information content (AvgIpc) is 2.77. The number of ether oxygens (including phenoxy) is 1. The van der Waals surface area contributed by atoms with Crippen molar-refractivity contribution in [3.63, 3.8) is 0 Å². The largest absolute Gasteiger partial charge is 0.550 e. The van der Waals surface area contributed by atoms with Crippen LogP contribution in [0.2, 0.25) is 0 Å². The Labute approximate surface area is 88.0 Å². The van der Waals surface area contributed by atoms with Gasteiger partial charge in [0.25, 0.3) is 0 Å². The summed E-state index contributed by atoms with van der Waals surface area (Å²) in [6.45, 7) is 1.56. The number of rotatable bonds is 3. The molecular weight excluding hydrogens is 198 g/mol. The van der Waals surface area contributed by atoms with Crippen molar-refractivity contribution < 1.29 is 19.4 Å². The fraction of sp³-hybridized carbons (Fsp3) is 0.800. The molecule has 0 unspecified atom stereocenters. The Morgan fingerprint density at radius 3 is 2.93 bits per heavy atom. The Balaban J connectivity index is 1.87. The van der Waals surface area contributed by atoms with Crippen LogP contribution in [0.25, 0.3) is 0 Å². The van der Waals surface area contributed by atoms with Crippen LogP contribution in [0.15, 0.2) is 0 Å². The molecule has 2 heterocycles. The molecule has 2 fully saturated rings. The van der Waals surface area contributed by atoms with Crippen LogP contribution >= 0.6 is 0 Å². The third-order valence-corrected chi connectivity index (χ3v) is 3.00. The molecule has 5 nitrogen and oxygen atoms in total. The van der Waals surface area contributed by atoms with E-state index in [0.717, 1.165) is 19.4 Å². The Bertz CT molecular complexity index is 273. The quantitative estimate of drug-likeness (QED) is 0.587. The highest BCUT2D eigenvalue weighted by Gasteiger charge is 2.32. The molecule has 5 heteroatoms. The van der Waals surface area contributed by atoms with Crippen LogP contribution in [-0.2, 0) is 14.3 Å². The number of carbonyl (C=O) groups excluding carboxylic acids is 2. The number of hydrogen-bond donors (Lipinski definition) is 0. The van der Waals surface area contributed by atoms with Gasteiger partial charge in [0.15, 0.2) is 0 Å². The molecule has 0 radical (unpaired) electrons. The van der Waals surface area contributed by atoms with Gasteiger partial charge in [-0.15, -0.1) is 0 Å². The number of likely N-dealkylation sites (tertiary alicyclic amines) is 1. The minimum Gasteiger partial charge on any atom is -0.550 e. The summed E-state index contributed by atoms with van der Waals surface area (Å²) in [7, 11) is 0. The van der Waals surface area contributed by atoms with E-state index in [1.807, 2.05) is 0 Å². The molecule has 2 aliphatic rings. The average molecular weight is 212 g/mol. The third-order valence-electron chi connectivity index (χ3n) is 3.00. The number of carboxylic acid groups (broad SMARTS) is 1. The van der Waals surface area contributed by atoms with E-state index in [0.29, 0.717) is 6.54 Å². The van der Waals surface area contributed by atoms with Gasteiger partial charge in [-0.25, -0.2) is 0 Å². The molecule has 0 spiro atoms. The summed E-state index contributed by atoms with van der Waals surface area (Å²) >= 11 is 0. The molecule has 0 N–H and O–H groups in total. The summed E-state index contributed by atoms with van der Waals surface area (Å²) < 4.78 is 5.40. The first-order valence-corrected chi connectivity index (χ1v) is 5.27. The normalized spacial score (nSPS) is 31.2. The number of nitrogens with zero attached hydrogens (tertiary/aromatic N) is 1. The van der Waals surface area contributed by atoms with E-state index in [-0.39, 0.29) is 25.0 Å². The number of amides is 1. The summed E-state index contributed by atoms with van der Waals surface area (Å²) in [5.41, 5.74) is 0. The predicted molar refractivity (Wildman–Crippen MR) is 48.7 cm³/mol. The van der Waals surface area contributed by atoms with Crippen LogP contribution < -0.4 is 5.11 Å². The Morgan fingerprint density at radius 2 is 2.40 bits per heavy atom. The van der Waals surface area contributed by atoms with Crippen LogP contribution in [0.4, 0.5) is 0 Å². The Kier molecular flexibility index (Phi) is 2.90. The van der Waals surface area contributed by atoms with E-state index in [9.17, 15) is 14.7 Å². The smallest absolute Gasteiger partial charge is 0.223 e. The van der Waals surface area contributed by atoms with Gasteiger partial charge in [-0.2, -0.15) is 0 Å². The highest BCUT2D eigenvalue weighted by Crippen LogP contribution is 2.20. The zero-order valence-electron chi connectivity index (χ0n) is 8.48. The molecule has 2 aliphatic heterocycles. The standard InChI is InChI=1S/C10H15NO4/c12-9-4-7(10(13)14)5-11(9)6-8-2-1-3-15-8/h7-8H,1-6H2,(H,13,14)/p-1/t7-,8+/m1/s1. The summed E-state index contributed by atoms with van der Waals surface area (Å²) in [5, 5.41) is 10.6. The topological polar surface area (TPSA) is 69.7 Å². The molecular formula is C10H14NO4-. The zero-order chi connectivity index (χ0) is 10.8. The lowest BCUT2D eigenvalue weighted by molar-refractivity contribution is -0.311. The lowest BCUT2D eigenvalue weighted by Gasteiger charge is -2.20. The van der Waals surface area contributed by atoms with Crippen molar-refractivity contribution in [2.75, 3.05) is 19.7 Å². The van der Waals surface area contributed by atoms with Crippen molar-refractivity contribution in [3.05, 3.63) is 0 Å².